The molecule has 0 aromatic carbocycles. The van der Waals surface area contributed by atoms with Crippen LogP contribution in [0.25, 0.3) is 0 Å². The Morgan fingerprint density at radius 2 is 2.18 bits per heavy atom. The van der Waals surface area contributed by atoms with E-state index in [-0.39, 0.29) is 23.5 Å². The van der Waals surface area contributed by atoms with Crippen molar-refractivity contribution in [3.63, 3.8) is 0 Å². The standard InChI is InChI=1S/C15H23N3O3S/c1-9-12(22-14(16-2)17-9)13(20)18-6-4-15(5-7-18)10(19)8-11(15)21-3/h10-11,19H,4-8H2,1-3H3,(H,16,17)/t10-,11+/m1/s1. The van der Waals surface area contributed by atoms with Crippen LogP contribution in [0.5, 0.6) is 0 Å². The van der Waals surface area contributed by atoms with E-state index in [9.17, 15) is 9.90 Å². The van der Waals surface area contributed by atoms with Crippen LogP contribution in [-0.4, -0.2) is 60.4 Å². The van der Waals surface area contributed by atoms with Gasteiger partial charge in [-0.2, -0.15) is 0 Å². The second-order valence-electron chi connectivity index (χ2n) is 6.18. The summed E-state index contributed by atoms with van der Waals surface area (Å²) in [5.41, 5.74) is 0.628. The van der Waals surface area contributed by atoms with Gasteiger partial charge in [0, 0.05) is 39.1 Å². The minimum Gasteiger partial charge on any atom is -0.392 e. The molecule has 1 amide bonds. The van der Waals surface area contributed by atoms with E-state index < -0.39 is 0 Å². The highest BCUT2D eigenvalue weighted by Gasteiger charge is 2.56. The minimum atomic E-state index is -0.296. The summed E-state index contributed by atoms with van der Waals surface area (Å²) in [6.07, 6.45) is 2.14. The van der Waals surface area contributed by atoms with Crippen LogP contribution in [0, 0.1) is 12.3 Å². The highest BCUT2D eigenvalue weighted by Crippen LogP contribution is 2.50. The molecular formula is C15H23N3O3S. The maximum Gasteiger partial charge on any atom is 0.265 e. The molecule has 2 fully saturated rings. The molecule has 6 nitrogen and oxygen atoms in total. The van der Waals surface area contributed by atoms with Gasteiger partial charge in [-0.05, 0) is 19.8 Å². The molecule has 22 heavy (non-hydrogen) atoms. The summed E-state index contributed by atoms with van der Waals surface area (Å²) in [6, 6.07) is 0. The van der Waals surface area contributed by atoms with E-state index in [0.717, 1.165) is 23.7 Å². The predicted octanol–water partition coefficient (Wildman–Crippen LogP) is 1.50. The highest BCUT2D eigenvalue weighted by atomic mass is 32.1. The third kappa shape index (κ3) is 2.31. The molecule has 1 aliphatic carbocycles. The first-order valence-corrected chi connectivity index (χ1v) is 8.49. The van der Waals surface area contributed by atoms with Gasteiger partial charge in [0.05, 0.1) is 17.9 Å². The molecule has 7 heteroatoms. The number of hydrogen-bond acceptors (Lipinski definition) is 6. The van der Waals surface area contributed by atoms with E-state index in [1.165, 1.54) is 11.3 Å². The van der Waals surface area contributed by atoms with Gasteiger partial charge in [-0.25, -0.2) is 4.98 Å². The number of nitrogens with one attached hydrogen (secondary N) is 1. The number of hydrogen-bond donors (Lipinski definition) is 2. The molecule has 0 radical (unpaired) electrons. The second-order valence-corrected chi connectivity index (χ2v) is 7.18. The van der Waals surface area contributed by atoms with Crippen molar-refractivity contribution in [2.75, 3.05) is 32.6 Å². The quantitative estimate of drug-likeness (QED) is 0.881. The zero-order valence-electron chi connectivity index (χ0n) is 13.3. The molecule has 1 saturated heterocycles. The molecular weight excluding hydrogens is 302 g/mol. The van der Waals surface area contributed by atoms with Crippen molar-refractivity contribution >= 4 is 22.4 Å². The zero-order chi connectivity index (χ0) is 15.9. The Labute approximate surface area is 134 Å². The van der Waals surface area contributed by atoms with Crippen molar-refractivity contribution < 1.29 is 14.6 Å². The van der Waals surface area contributed by atoms with Crippen molar-refractivity contribution in [2.24, 2.45) is 5.41 Å². The number of carbonyl (C=O) groups is 1. The Morgan fingerprint density at radius 3 is 2.68 bits per heavy atom. The molecule has 2 N–H and O–H groups in total. The van der Waals surface area contributed by atoms with Crippen LogP contribution in [0.4, 0.5) is 5.13 Å². The number of methoxy groups -OCH3 is 1. The van der Waals surface area contributed by atoms with E-state index in [2.05, 4.69) is 10.3 Å². The molecule has 2 aliphatic rings. The fourth-order valence-corrected chi connectivity index (χ4v) is 4.57. The fourth-order valence-electron chi connectivity index (χ4n) is 3.68. The van der Waals surface area contributed by atoms with Crippen molar-refractivity contribution in [1.29, 1.82) is 0 Å². The number of aliphatic hydroxyl groups excluding tert-OH is 1. The van der Waals surface area contributed by atoms with Crippen LogP contribution in [0.2, 0.25) is 0 Å². The van der Waals surface area contributed by atoms with Crippen molar-refractivity contribution in [2.45, 2.75) is 38.4 Å². The van der Waals surface area contributed by atoms with Crippen LogP contribution in [-0.2, 0) is 4.74 Å². The summed E-state index contributed by atoms with van der Waals surface area (Å²) in [5, 5.41) is 13.9. The van der Waals surface area contributed by atoms with Crippen LogP contribution < -0.4 is 5.32 Å². The van der Waals surface area contributed by atoms with E-state index in [1.54, 1.807) is 14.2 Å². The molecule has 2 heterocycles. The van der Waals surface area contributed by atoms with Gasteiger partial charge in [-0.15, -0.1) is 0 Å². The van der Waals surface area contributed by atoms with E-state index in [0.29, 0.717) is 24.4 Å². The van der Waals surface area contributed by atoms with Crippen LogP contribution in [0.1, 0.15) is 34.6 Å². The Balaban J connectivity index is 1.68. The molecule has 2 atom stereocenters. The van der Waals surface area contributed by atoms with Gasteiger partial charge >= 0.3 is 0 Å². The summed E-state index contributed by atoms with van der Waals surface area (Å²) in [7, 11) is 3.51. The van der Waals surface area contributed by atoms with Gasteiger partial charge < -0.3 is 20.1 Å². The number of amides is 1. The van der Waals surface area contributed by atoms with Crippen molar-refractivity contribution in [1.82, 2.24) is 9.88 Å². The summed E-state index contributed by atoms with van der Waals surface area (Å²) < 4.78 is 5.49. The Bertz CT molecular complexity index is 566. The average molecular weight is 325 g/mol. The number of anilines is 1. The highest BCUT2D eigenvalue weighted by molar-refractivity contribution is 7.17. The summed E-state index contributed by atoms with van der Waals surface area (Å²) >= 11 is 1.40. The number of ether oxygens (including phenoxy) is 1. The van der Waals surface area contributed by atoms with Crippen molar-refractivity contribution in [3.8, 4) is 0 Å². The van der Waals surface area contributed by atoms with Gasteiger partial charge in [0.15, 0.2) is 5.13 Å². The summed E-state index contributed by atoms with van der Waals surface area (Å²) in [4.78, 5) is 19.6. The van der Waals surface area contributed by atoms with Crippen LogP contribution in [0.3, 0.4) is 0 Å². The van der Waals surface area contributed by atoms with Crippen LogP contribution in [0.15, 0.2) is 0 Å². The van der Waals surface area contributed by atoms with Crippen LogP contribution >= 0.6 is 11.3 Å². The molecule has 122 valence electrons. The lowest BCUT2D eigenvalue weighted by Gasteiger charge is -2.56. The molecule has 3 rings (SSSR count). The monoisotopic (exact) mass is 325 g/mol. The molecule has 1 spiro atoms. The number of rotatable bonds is 3. The molecule has 1 aliphatic heterocycles. The van der Waals surface area contributed by atoms with Gasteiger partial charge in [-0.1, -0.05) is 11.3 Å². The van der Waals surface area contributed by atoms with Crippen molar-refractivity contribution in [3.05, 3.63) is 10.6 Å². The zero-order valence-corrected chi connectivity index (χ0v) is 14.1. The number of thiazole rings is 1. The molecule has 0 unspecified atom stereocenters. The van der Waals surface area contributed by atoms with E-state index in [1.807, 2.05) is 11.8 Å². The molecule has 1 aromatic rings. The largest absolute Gasteiger partial charge is 0.392 e. The number of nitrogens with zero attached hydrogens (tertiary/aromatic N) is 2. The average Bonchev–Trinajstić information content (AvgIpc) is 2.92. The van der Waals surface area contributed by atoms with E-state index in [4.69, 9.17) is 4.74 Å². The number of aryl methyl sites for hydroxylation is 1. The number of aromatic nitrogens is 1. The number of piperidine rings is 1. The number of likely N-dealkylation sites (tertiary alicyclic amines) is 1. The maximum atomic E-state index is 12.7. The lowest BCUT2D eigenvalue weighted by molar-refractivity contribution is -0.199. The number of carbonyl (C=O) groups excluding carboxylic acids is 1. The fraction of sp³-hybridized carbons (Fsp3) is 0.733. The lowest BCUT2D eigenvalue weighted by Crippen LogP contribution is -2.62. The Hall–Kier alpha value is -1.18. The third-order valence-corrected chi connectivity index (χ3v) is 6.38. The normalized spacial score (nSPS) is 26.8. The first kappa shape index (κ1) is 15.7. The second kappa shape index (κ2) is 5.79. The molecule has 1 saturated carbocycles. The Morgan fingerprint density at radius 1 is 1.50 bits per heavy atom. The predicted molar refractivity (Wildman–Crippen MR) is 85.4 cm³/mol. The first-order chi connectivity index (χ1) is 10.5. The van der Waals surface area contributed by atoms with Gasteiger partial charge in [0.1, 0.15) is 4.88 Å². The number of aliphatic hydroxyl groups is 1. The lowest BCUT2D eigenvalue weighted by atomic mass is 9.58. The molecule has 0 bridgehead atoms. The summed E-state index contributed by atoms with van der Waals surface area (Å²) in [5.74, 6) is 0.0501. The van der Waals surface area contributed by atoms with Gasteiger partial charge in [0.25, 0.3) is 5.91 Å². The Kier molecular flexibility index (Phi) is 4.13. The first-order valence-electron chi connectivity index (χ1n) is 7.67. The maximum absolute atomic E-state index is 12.7. The minimum absolute atomic E-state index is 0.0501. The SMILES string of the molecule is CNc1nc(C)c(C(=O)N2CCC3(CC2)[C@H](O)C[C@@H]3OC)s1. The summed E-state index contributed by atoms with van der Waals surface area (Å²) in [6.45, 7) is 3.20. The van der Waals surface area contributed by atoms with Gasteiger partial charge in [0.2, 0.25) is 0 Å². The molecule has 1 aromatic heterocycles. The van der Waals surface area contributed by atoms with Gasteiger partial charge in [-0.3, -0.25) is 4.79 Å². The smallest absolute Gasteiger partial charge is 0.265 e. The van der Waals surface area contributed by atoms with E-state index >= 15 is 0 Å². The topological polar surface area (TPSA) is 74.7 Å². The third-order valence-electron chi connectivity index (χ3n) is 5.21.